The molecule has 0 aliphatic carbocycles. The van der Waals surface area contributed by atoms with Crippen molar-refractivity contribution in [2.45, 2.75) is 32.4 Å². The molecule has 7 nitrogen and oxygen atoms in total. The van der Waals surface area contributed by atoms with E-state index in [2.05, 4.69) is 31.3 Å². The molecule has 0 aliphatic rings. The highest BCUT2D eigenvalue weighted by Gasteiger charge is 2.22. The maximum atomic E-state index is 12.4. The standard InChI is InChI=1S/C13H20BrN5O2/c1-4-15-6-5-13(2,21)7-19-8-16-9-10(12(19)20)17-18(3)11(9)14/h8,15,21H,4-7H2,1-3H3. The Morgan fingerprint density at radius 1 is 1.48 bits per heavy atom. The smallest absolute Gasteiger partial charge is 0.281 e. The Balaban J connectivity index is 2.27. The number of nitrogens with zero attached hydrogens (tertiary/aromatic N) is 4. The molecule has 0 aromatic carbocycles. The minimum Gasteiger partial charge on any atom is -0.388 e. The quantitative estimate of drug-likeness (QED) is 0.741. The van der Waals surface area contributed by atoms with Gasteiger partial charge in [0.1, 0.15) is 10.1 Å². The van der Waals surface area contributed by atoms with E-state index in [0.29, 0.717) is 28.6 Å². The van der Waals surface area contributed by atoms with E-state index in [1.807, 2.05) is 6.92 Å². The minimum atomic E-state index is -0.979. The molecule has 2 N–H and O–H groups in total. The third-order valence-electron chi connectivity index (χ3n) is 3.34. The molecule has 0 radical (unpaired) electrons. The summed E-state index contributed by atoms with van der Waals surface area (Å²) in [6, 6.07) is 0. The van der Waals surface area contributed by atoms with E-state index in [9.17, 15) is 9.90 Å². The van der Waals surface area contributed by atoms with Gasteiger partial charge in [0.25, 0.3) is 5.56 Å². The number of nitrogens with one attached hydrogen (secondary N) is 1. The Morgan fingerprint density at radius 2 is 2.19 bits per heavy atom. The van der Waals surface area contributed by atoms with E-state index >= 15 is 0 Å². The van der Waals surface area contributed by atoms with Crippen LogP contribution in [0.1, 0.15) is 20.3 Å². The van der Waals surface area contributed by atoms with Crippen LogP contribution in [-0.2, 0) is 13.6 Å². The number of fused-ring (bicyclic) bond motifs is 1. The van der Waals surface area contributed by atoms with Gasteiger partial charge in [0, 0.05) is 7.05 Å². The Hall–Kier alpha value is -1.25. The highest BCUT2D eigenvalue weighted by molar-refractivity contribution is 9.10. The summed E-state index contributed by atoms with van der Waals surface area (Å²) < 4.78 is 3.64. The highest BCUT2D eigenvalue weighted by Crippen LogP contribution is 2.18. The summed E-state index contributed by atoms with van der Waals surface area (Å²) in [5.41, 5.74) is -0.390. The van der Waals surface area contributed by atoms with E-state index in [-0.39, 0.29) is 12.1 Å². The Bertz CT molecular complexity index is 692. The summed E-state index contributed by atoms with van der Waals surface area (Å²) in [5.74, 6) is 0. The van der Waals surface area contributed by atoms with Gasteiger partial charge in [0.15, 0.2) is 5.52 Å². The number of aryl methyl sites for hydroxylation is 1. The van der Waals surface area contributed by atoms with Gasteiger partial charge in [-0.3, -0.25) is 14.0 Å². The van der Waals surface area contributed by atoms with E-state index in [1.54, 1.807) is 18.7 Å². The Kier molecular flexibility index (Phi) is 4.80. The normalized spacial score (nSPS) is 14.5. The molecule has 0 saturated heterocycles. The monoisotopic (exact) mass is 357 g/mol. The third kappa shape index (κ3) is 3.50. The SMILES string of the molecule is CCNCCC(C)(O)Cn1cnc2c(Br)n(C)nc2c1=O. The lowest BCUT2D eigenvalue weighted by atomic mass is 10.0. The molecule has 1 unspecified atom stereocenters. The highest BCUT2D eigenvalue weighted by atomic mass is 79.9. The number of hydrogen-bond donors (Lipinski definition) is 2. The fourth-order valence-electron chi connectivity index (χ4n) is 2.16. The van der Waals surface area contributed by atoms with Crippen LogP contribution >= 0.6 is 15.9 Å². The number of aliphatic hydroxyl groups is 1. The number of hydrogen-bond acceptors (Lipinski definition) is 5. The van der Waals surface area contributed by atoms with Crippen molar-refractivity contribution in [2.75, 3.05) is 13.1 Å². The maximum Gasteiger partial charge on any atom is 0.281 e. The fraction of sp³-hybridized carbons (Fsp3) is 0.615. The summed E-state index contributed by atoms with van der Waals surface area (Å²) in [5, 5.41) is 17.7. The molecule has 0 bridgehead atoms. The Morgan fingerprint density at radius 3 is 2.86 bits per heavy atom. The van der Waals surface area contributed by atoms with Gasteiger partial charge in [-0.1, -0.05) is 6.92 Å². The summed E-state index contributed by atoms with van der Waals surface area (Å²) >= 11 is 3.35. The van der Waals surface area contributed by atoms with Gasteiger partial charge < -0.3 is 10.4 Å². The van der Waals surface area contributed by atoms with Gasteiger partial charge in [-0.2, -0.15) is 5.10 Å². The second-order valence-corrected chi connectivity index (χ2v) is 6.14. The molecular formula is C13H20BrN5O2. The fourth-order valence-corrected chi connectivity index (χ4v) is 2.53. The van der Waals surface area contributed by atoms with Crippen LogP contribution in [0.2, 0.25) is 0 Å². The summed E-state index contributed by atoms with van der Waals surface area (Å²) in [6.45, 7) is 5.47. The first-order valence-electron chi connectivity index (χ1n) is 6.86. The lowest BCUT2D eigenvalue weighted by Gasteiger charge is -2.24. The number of aromatic nitrogens is 4. The first-order valence-corrected chi connectivity index (χ1v) is 7.66. The zero-order chi connectivity index (χ0) is 15.6. The molecule has 2 rings (SSSR count). The van der Waals surface area contributed by atoms with E-state index in [4.69, 9.17) is 0 Å². The van der Waals surface area contributed by atoms with Crippen LogP contribution in [0.25, 0.3) is 11.0 Å². The lowest BCUT2D eigenvalue weighted by Crippen LogP contribution is -2.38. The minimum absolute atomic E-state index is 0.189. The van der Waals surface area contributed by atoms with Crippen LogP contribution < -0.4 is 10.9 Å². The van der Waals surface area contributed by atoms with Crippen LogP contribution in [0, 0.1) is 0 Å². The predicted molar refractivity (Wildman–Crippen MR) is 84.3 cm³/mol. The van der Waals surface area contributed by atoms with Gasteiger partial charge in [-0.15, -0.1) is 0 Å². The third-order valence-corrected chi connectivity index (χ3v) is 4.23. The predicted octanol–water partition coefficient (Wildman–Crippen LogP) is 0.643. The molecule has 0 fully saturated rings. The van der Waals surface area contributed by atoms with Crippen molar-refractivity contribution in [3.05, 3.63) is 21.3 Å². The molecule has 0 spiro atoms. The molecule has 8 heteroatoms. The van der Waals surface area contributed by atoms with E-state index in [0.717, 1.165) is 6.54 Å². The van der Waals surface area contributed by atoms with E-state index < -0.39 is 5.60 Å². The summed E-state index contributed by atoms with van der Waals surface area (Å²) in [6.07, 6.45) is 2.01. The Labute approximate surface area is 131 Å². The van der Waals surface area contributed by atoms with Crippen molar-refractivity contribution >= 4 is 27.0 Å². The average Bonchev–Trinajstić information content (AvgIpc) is 2.70. The molecule has 0 amide bonds. The van der Waals surface area contributed by atoms with Gasteiger partial charge in [-0.05, 0) is 42.4 Å². The number of halogens is 1. The van der Waals surface area contributed by atoms with Gasteiger partial charge in [0.2, 0.25) is 0 Å². The van der Waals surface area contributed by atoms with Crippen LogP contribution in [0.5, 0.6) is 0 Å². The van der Waals surface area contributed by atoms with Crippen LogP contribution in [0.4, 0.5) is 0 Å². The molecule has 21 heavy (non-hydrogen) atoms. The van der Waals surface area contributed by atoms with Crippen LogP contribution in [0.3, 0.4) is 0 Å². The van der Waals surface area contributed by atoms with Crippen LogP contribution in [0.15, 0.2) is 15.7 Å². The zero-order valence-electron chi connectivity index (χ0n) is 12.4. The molecule has 2 heterocycles. The van der Waals surface area contributed by atoms with Gasteiger partial charge in [-0.25, -0.2) is 4.98 Å². The number of rotatable bonds is 6. The molecule has 2 aromatic heterocycles. The second-order valence-electron chi connectivity index (χ2n) is 5.39. The molecule has 2 aromatic rings. The molecule has 0 saturated carbocycles. The summed E-state index contributed by atoms with van der Waals surface area (Å²) in [4.78, 5) is 16.7. The molecule has 116 valence electrons. The second kappa shape index (κ2) is 6.25. The van der Waals surface area contributed by atoms with Crippen molar-refractivity contribution in [2.24, 2.45) is 7.05 Å². The molecule has 1 atom stereocenters. The van der Waals surface area contributed by atoms with Crippen LogP contribution in [-0.4, -0.2) is 43.1 Å². The topological polar surface area (TPSA) is 85.0 Å². The van der Waals surface area contributed by atoms with Crippen molar-refractivity contribution < 1.29 is 5.11 Å². The first-order chi connectivity index (χ1) is 9.85. The average molecular weight is 358 g/mol. The lowest BCUT2D eigenvalue weighted by molar-refractivity contribution is 0.0324. The first kappa shape index (κ1) is 16.1. The zero-order valence-corrected chi connectivity index (χ0v) is 14.0. The maximum absolute atomic E-state index is 12.4. The molecule has 0 aliphatic heterocycles. The summed E-state index contributed by atoms with van der Waals surface area (Å²) in [7, 11) is 1.74. The van der Waals surface area contributed by atoms with Gasteiger partial charge >= 0.3 is 0 Å². The van der Waals surface area contributed by atoms with Crippen molar-refractivity contribution in [3.63, 3.8) is 0 Å². The van der Waals surface area contributed by atoms with E-state index in [1.165, 1.54) is 10.9 Å². The van der Waals surface area contributed by atoms with Crippen molar-refractivity contribution in [1.82, 2.24) is 24.6 Å². The largest absolute Gasteiger partial charge is 0.388 e. The van der Waals surface area contributed by atoms with Crippen molar-refractivity contribution in [3.8, 4) is 0 Å². The molecular weight excluding hydrogens is 338 g/mol. The van der Waals surface area contributed by atoms with Crippen molar-refractivity contribution in [1.29, 1.82) is 0 Å². The van der Waals surface area contributed by atoms with Gasteiger partial charge in [0.05, 0.1) is 18.5 Å².